The Hall–Kier alpha value is -1.17. The Morgan fingerprint density at radius 3 is 2.67 bits per heavy atom. The summed E-state index contributed by atoms with van der Waals surface area (Å²) in [6, 6.07) is 13.9. The molecular weight excluding hydrogens is 350 g/mol. The van der Waals surface area contributed by atoms with Crippen LogP contribution in [0.3, 0.4) is 0 Å². The van der Waals surface area contributed by atoms with Gasteiger partial charge in [-0.05, 0) is 46.6 Å². The number of methoxy groups -OCH3 is 1. The summed E-state index contributed by atoms with van der Waals surface area (Å²) >= 11 is 5.20. The van der Waals surface area contributed by atoms with Crippen molar-refractivity contribution in [3.63, 3.8) is 0 Å². The van der Waals surface area contributed by atoms with E-state index in [1.54, 1.807) is 11.3 Å². The molecule has 1 heterocycles. The SMILES string of the molecule is COC(=O)C(CNCCc1ccc(Br)s1)c1ccccc1. The minimum atomic E-state index is -0.258. The van der Waals surface area contributed by atoms with Crippen molar-refractivity contribution in [1.29, 1.82) is 0 Å². The van der Waals surface area contributed by atoms with E-state index in [-0.39, 0.29) is 11.9 Å². The lowest BCUT2D eigenvalue weighted by Crippen LogP contribution is -2.29. The van der Waals surface area contributed by atoms with Crippen LogP contribution in [0.2, 0.25) is 0 Å². The molecule has 0 fully saturated rings. The van der Waals surface area contributed by atoms with Crippen molar-refractivity contribution in [3.8, 4) is 0 Å². The van der Waals surface area contributed by atoms with Crippen LogP contribution in [0, 0.1) is 0 Å². The zero-order valence-corrected chi connectivity index (χ0v) is 14.2. The fourth-order valence-electron chi connectivity index (χ4n) is 2.11. The van der Waals surface area contributed by atoms with Gasteiger partial charge in [-0.15, -0.1) is 11.3 Å². The number of nitrogens with one attached hydrogen (secondary N) is 1. The normalized spacial score (nSPS) is 12.1. The first-order chi connectivity index (χ1) is 10.2. The van der Waals surface area contributed by atoms with Crippen molar-refractivity contribution < 1.29 is 9.53 Å². The molecule has 5 heteroatoms. The smallest absolute Gasteiger partial charge is 0.314 e. The Morgan fingerprint density at radius 1 is 1.29 bits per heavy atom. The highest BCUT2D eigenvalue weighted by Gasteiger charge is 2.20. The molecule has 1 aromatic heterocycles. The number of esters is 1. The molecule has 0 saturated heterocycles. The van der Waals surface area contributed by atoms with Crippen molar-refractivity contribution in [2.24, 2.45) is 0 Å². The summed E-state index contributed by atoms with van der Waals surface area (Å²) in [4.78, 5) is 13.2. The van der Waals surface area contributed by atoms with Crippen LogP contribution in [-0.2, 0) is 16.0 Å². The van der Waals surface area contributed by atoms with Gasteiger partial charge in [0.25, 0.3) is 0 Å². The Labute approximate surface area is 137 Å². The summed E-state index contributed by atoms with van der Waals surface area (Å²) in [5.74, 6) is -0.459. The van der Waals surface area contributed by atoms with Crippen molar-refractivity contribution in [3.05, 3.63) is 56.7 Å². The van der Waals surface area contributed by atoms with E-state index >= 15 is 0 Å². The molecule has 112 valence electrons. The lowest BCUT2D eigenvalue weighted by Gasteiger charge is -2.15. The molecule has 2 rings (SSSR count). The molecule has 1 unspecified atom stereocenters. The van der Waals surface area contributed by atoms with E-state index in [2.05, 4.69) is 33.4 Å². The number of thiophene rings is 1. The molecule has 0 radical (unpaired) electrons. The topological polar surface area (TPSA) is 38.3 Å². The van der Waals surface area contributed by atoms with Crippen LogP contribution in [0.4, 0.5) is 0 Å². The zero-order chi connectivity index (χ0) is 15.1. The fourth-order valence-corrected chi connectivity index (χ4v) is 3.59. The molecule has 0 aliphatic carbocycles. The van der Waals surface area contributed by atoms with Crippen LogP contribution in [0.5, 0.6) is 0 Å². The predicted molar refractivity (Wildman–Crippen MR) is 89.8 cm³/mol. The van der Waals surface area contributed by atoms with Crippen LogP contribution in [0.1, 0.15) is 16.4 Å². The van der Waals surface area contributed by atoms with Gasteiger partial charge in [-0.3, -0.25) is 4.79 Å². The molecular formula is C16H18BrNO2S. The number of ether oxygens (including phenoxy) is 1. The van der Waals surface area contributed by atoms with Crippen molar-refractivity contribution in [1.82, 2.24) is 5.32 Å². The third kappa shape index (κ3) is 4.95. The summed E-state index contributed by atoms with van der Waals surface area (Å²) in [5.41, 5.74) is 0.982. The molecule has 2 aromatic rings. The van der Waals surface area contributed by atoms with E-state index in [9.17, 15) is 4.79 Å². The monoisotopic (exact) mass is 367 g/mol. The van der Waals surface area contributed by atoms with Gasteiger partial charge in [0, 0.05) is 11.4 Å². The fraction of sp³-hybridized carbons (Fsp3) is 0.312. The average Bonchev–Trinajstić information content (AvgIpc) is 2.93. The maximum atomic E-state index is 11.9. The first-order valence-corrected chi connectivity index (χ1v) is 8.39. The third-order valence-electron chi connectivity index (χ3n) is 3.21. The van der Waals surface area contributed by atoms with E-state index in [1.807, 2.05) is 30.3 Å². The van der Waals surface area contributed by atoms with Gasteiger partial charge in [0.2, 0.25) is 0 Å². The van der Waals surface area contributed by atoms with Crippen molar-refractivity contribution in [2.75, 3.05) is 20.2 Å². The van der Waals surface area contributed by atoms with Gasteiger partial charge in [0.05, 0.1) is 16.8 Å². The highest BCUT2D eigenvalue weighted by atomic mass is 79.9. The highest BCUT2D eigenvalue weighted by molar-refractivity contribution is 9.11. The second-order valence-electron chi connectivity index (χ2n) is 4.65. The molecule has 3 nitrogen and oxygen atoms in total. The second kappa shape index (κ2) is 8.32. The summed E-state index contributed by atoms with van der Waals surface area (Å²) in [5, 5.41) is 3.35. The van der Waals surface area contributed by atoms with Gasteiger partial charge in [-0.1, -0.05) is 30.3 Å². The number of benzene rings is 1. The van der Waals surface area contributed by atoms with E-state index in [0.717, 1.165) is 22.3 Å². The number of carbonyl (C=O) groups excluding carboxylic acids is 1. The lowest BCUT2D eigenvalue weighted by molar-refractivity contribution is -0.142. The summed E-state index contributed by atoms with van der Waals surface area (Å²) in [6.07, 6.45) is 0.957. The quantitative estimate of drug-likeness (QED) is 0.600. The molecule has 21 heavy (non-hydrogen) atoms. The Bertz CT molecular complexity index is 571. The molecule has 0 bridgehead atoms. The van der Waals surface area contributed by atoms with E-state index in [0.29, 0.717) is 6.54 Å². The predicted octanol–water partition coefficient (Wildman–Crippen LogP) is 3.60. The number of hydrogen-bond acceptors (Lipinski definition) is 4. The van der Waals surface area contributed by atoms with Gasteiger partial charge in [-0.25, -0.2) is 0 Å². The Morgan fingerprint density at radius 2 is 2.05 bits per heavy atom. The van der Waals surface area contributed by atoms with E-state index < -0.39 is 0 Å². The van der Waals surface area contributed by atoms with Crippen LogP contribution < -0.4 is 5.32 Å². The highest BCUT2D eigenvalue weighted by Crippen LogP contribution is 2.22. The molecule has 1 aromatic carbocycles. The van der Waals surface area contributed by atoms with Gasteiger partial charge in [0.15, 0.2) is 0 Å². The minimum absolute atomic E-state index is 0.201. The second-order valence-corrected chi connectivity index (χ2v) is 7.19. The summed E-state index contributed by atoms with van der Waals surface area (Å²) in [6.45, 7) is 1.43. The van der Waals surface area contributed by atoms with Gasteiger partial charge in [0.1, 0.15) is 0 Å². The van der Waals surface area contributed by atoms with Crippen LogP contribution in [0.15, 0.2) is 46.3 Å². The Balaban J connectivity index is 1.86. The Kier molecular flexibility index (Phi) is 6.42. The van der Waals surface area contributed by atoms with Gasteiger partial charge >= 0.3 is 5.97 Å². The first-order valence-electron chi connectivity index (χ1n) is 6.78. The summed E-state index contributed by atoms with van der Waals surface area (Å²) < 4.78 is 6.05. The number of halogens is 1. The zero-order valence-electron chi connectivity index (χ0n) is 11.8. The number of rotatable bonds is 7. The first kappa shape index (κ1) is 16.2. The maximum absolute atomic E-state index is 11.9. The molecule has 0 saturated carbocycles. The van der Waals surface area contributed by atoms with Crippen LogP contribution in [-0.4, -0.2) is 26.2 Å². The maximum Gasteiger partial charge on any atom is 0.314 e. The molecule has 1 atom stereocenters. The lowest BCUT2D eigenvalue weighted by atomic mass is 9.99. The minimum Gasteiger partial charge on any atom is -0.469 e. The molecule has 0 aliphatic rings. The third-order valence-corrected chi connectivity index (χ3v) is 4.90. The van der Waals surface area contributed by atoms with E-state index in [1.165, 1.54) is 12.0 Å². The summed E-state index contributed by atoms with van der Waals surface area (Å²) in [7, 11) is 1.43. The van der Waals surface area contributed by atoms with Crippen molar-refractivity contribution >= 4 is 33.2 Å². The largest absolute Gasteiger partial charge is 0.469 e. The van der Waals surface area contributed by atoms with Crippen molar-refractivity contribution in [2.45, 2.75) is 12.3 Å². The van der Waals surface area contributed by atoms with E-state index in [4.69, 9.17) is 4.74 Å². The average molecular weight is 368 g/mol. The number of carbonyl (C=O) groups is 1. The number of hydrogen-bond donors (Lipinski definition) is 1. The van der Waals surface area contributed by atoms with Gasteiger partial charge in [-0.2, -0.15) is 0 Å². The van der Waals surface area contributed by atoms with Crippen LogP contribution in [0.25, 0.3) is 0 Å². The van der Waals surface area contributed by atoms with Crippen LogP contribution >= 0.6 is 27.3 Å². The molecule has 0 spiro atoms. The molecule has 0 amide bonds. The van der Waals surface area contributed by atoms with Gasteiger partial charge < -0.3 is 10.1 Å². The standard InChI is InChI=1S/C16H18BrNO2S/c1-20-16(19)14(12-5-3-2-4-6-12)11-18-10-9-13-7-8-15(17)21-13/h2-8,14,18H,9-11H2,1H3. The molecule has 1 N–H and O–H groups in total. The molecule has 0 aliphatic heterocycles.